The van der Waals surface area contributed by atoms with Gasteiger partial charge in [0, 0.05) is 12.6 Å². The zero-order chi connectivity index (χ0) is 17.9. The first kappa shape index (κ1) is 17.1. The van der Waals surface area contributed by atoms with Crippen molar-refractivity contribution in [3.63, 3.8) is 0 Å². The molecule has 2 heterocycles. The van der Waals surface area contributed by atoms with Crippen LogP contribution in [0.1, 0.15) is 43.2 Å². The SMILES string of the molecule is N#Cc1ccc2ccc(CCC3CCCN3C(=O)C3CCCN3)cc2c1. The van der Waals surface area contributed by atoms with Gasteiger partial charge in [-0.2, -0.15) is 5.26 Å². The van der Waals surface area contributed by atoms with Gasteiger partial charge in [0.25, 0.3) is 0 Å². The van der Waals surface area contributed by atoms with E-state index in [1.165, 1.54) is 5.56 Å². The predicted octanol–water partition coefficient (Wildman–Crippen LogP) is 3.39. The first-order valence-corrected chi connectivity index (χ1v) is 9.71. The molecule has 134 valence electrons. The Kier molecular flexibility index (Phi) is 4.90. The van der Waals surface area contributed by atoms with Crippen molar-refractivity contribution >= 4 is 16.7 Å². The van der Waals surface area contributed by atoms with Gasteiger partial charge >= 0.3 is 0 Å². The maximum absolute atomic E-state index is 12.7. The summed E-state index contributed by atoms with van der Waals surface area (Å²) < 4.78 is 0. The number of hydrogen-bond acceptors (Lipinski definition) is 3. The normalized spacial score (nSPS) is 22.7. The lowest BCUT2D eigenvalue weighted by atomic mass is 9.99. The molecule has 2 unspecified atom stereocenters. The lowest BCUT2D eigenvalue weighted by Gasteiger charge is -2.27. The van der Waals surface area contributed by atoms with Crippen molar-refractivity contribution in [2.45, 2.75) is 50.6 Å². The number of aryl methyl sites for hydroxylation is 1. The van der Waals surface area contributed by atoms with Crippen molar-refractivity contribution in [2.75, 3.05) is 13.1 Å². The van der Waals surface area contributed by atoms with Gasteiger partial charge in [0.15, 0.2) is 0 Å². The molecule has 0 aliphatic carbocycles. The third kappa shape index (κ3) is 3.45. The summed E-state index contributed by atoms with van der Waals surface area (Å²) in [5, 5.41) is 14.7. The van der Waals surface area contributed by atoms with Crippen molar-refractivity contribution in [1.82, 2.24) is 10.2 Å². The third-order valence-electron chi connectivity index (χ3n) is 5.82. The Morgan fingerprint density at radius 2 is 2.04 bits per heavy atom. The molecule has 2 fully saturated rings. The van der Waals surface area contributed by atoms with Gasteiger partial charge in [-0.3, -0.25) is 4.79 Å². The smallest absolute Gasteiger partial charge is 0.239 e. The lowest BCUT2D eigenvalue weighted by molar-refractivity contribution is -0.134. The molecule has 2 atom stereocenters. The number of carbonyl (C=O) groups excluding carboxylic acids is 1. The highest BCUT2D eigenvalue weighted by Gasteiger charge is 2.33. The second kappa shape index (κ2) is 7.47. The van der Waals surface area contributed by atoms with Crippen LogP contribution in [0.4, 0.5) is 0 Å². The van der Waals surface area contributed by atoms with E-state index >= 15 is 0 Å². The topological polar surface area (TPSA) is 56.1 Å². The number of nitrogens with zero attached hydrogens (tertiary/aromatic N) is 2. The minimum atomic E-state index is 0.0423. The number of rotatable bonds is 4. The number of benzene rings is 2. The molecular weight excluding hydrogens is 322 g/mol. The molecule has 0 spiro atoms. The molecule has 2 aromatic rings. The Morgan fingerprint density at radius 3 is 2.85 bits per heavy atom. The van der Waals surface area contributed by atoms with Crippen LogP contribution in [0, 0.1) is 11.3 Å². The summed E-state index contributed by atoms with van der Waals surface area (Å²) in [5.74, 6) is 0.308. The summed E-state index contributed by atoms with van der Waals surface area (Å²) in [6, 6.07) is 14.9. The molecule has 0 saturated carbocycles. The summed E-state index contributed by atoms with van der Waals surface area (Å²) >= 11 is 0. The molecule has 1 N–H and O–H groups in total. The summed E-state index contributed by atoms with van der Waals surface area (Å²) in [6.07, 6.45) is 6.31. The molecule has 2 aromatic carbocycles. The lowest BCUT2D eigenvalue weighted by Crippen LogP contribution is -2.45. The van der Waals surface area contributed by atoms with E-state index in [9.17, 15) is 4.79 Å². The zero-order valence-corrected chi connectivity index (χ0v) is 15.1. The Labute approximate surface area is 154 Å². The number of likely N-dealkylation sites (tertiary alicyclic amines) is 1. The summed E-state index contributed by atoms with van der Waals surface area (Å²) in [6.45, 7) is 1.88. The van der Waals surface area contributed by atoms with E-state index < -0.39 is 0 Å². The highest BCUT2D eigenvalue weighted by Crippen LogP contribution is 2.25. The van der Waals surface area contributed by atoms with Crippen LogP contribution < -0.4 is 5.32 Å². The number of nitriles is 1. The first-order valence-electron chi connectivity index (χ1n) is 9.71. The summed E-state index contributed by atoms with van der Waals surface area (Å²) in [5.41, 5.74) is 1.98. The standard InChI is InChI=1S/C22H25N3O/c23-15-17-6-9-18-8-5-16(13-19(18)14-17)7-10-20-3-2-12-25(20)22(26)21-4-1-11-24-21/h5-6,8-9,13-14,20-21,24H,1-4,7,10-12H2. The van der Waals surface area contributed by atoms with Crippen molar-refractivity contribution in [1.29, 1.82) is 5.26 Å². The van der Waals surface area contributed by atoms with E-state index in [1.807, 2.05) is 18.2 Å². The van der Waals surface area contributed by atoms with Gasteiger partial charge in [-0.05, 0) is 73.5 Å². The Hall–Kier alpha value is -2.38. The number of nitrogens with one attached hydrogen (secondary N) is 1. The second-order valence-electron chi connectivity index (χ2n) is 7.52. The zero-order valence-electron chi connectivity index (χ0n) is 15.1. The van der Waals surface area contributed by atoms with Crippen LogP contribution >= 0.6 is 0 Å². The van der Waals surface area contributed by atoms with Crippen LogP contribution in [0.15, 0.2) is 36.4 Å². The molecule has 26 heavy (non-hydrogen) atoms. The van der Waals surface area contributed by atoms with Crippen molar-refractivity contribution in [3.8, 4) is 6.07 Å². The molecule has 4 heteroatoms. The van der Waals surface area contributed by atoms with Gasteiger partial charge in [0.05, 0.1) is 17.7 Å². The molecule has 2 aliphatic rings. The van der Waals surface area contributed by atoms with Crippen LogP contribution in [0.5, 0.6) is 0 Å². The summed E-state index contributed by atoms with van der Waals surface area (Å²) in [7, 11) is 0. The first-order chi connectivity index (χ1) is 12.7. The maximum atomic E-state index is 12.7. The molecule has 2 aliphatic heterocycles. The van der Waals surface area contributed by atoms with Crippen LogP contribution in [0.3, 0.4) is 0 Å². The monoisotopic (exact) mass is 347 g/mol. The van der Waals surface area contributed by atoms with Crippen molar-refractivity contribution in [3.05, 3.63) is 47.5 Å². The average molecular weight is 347 g/mol. The van der Waals surface area contributed by atoms with E-state index in [0.717, 1.165) is 62.4 Å². The van der Waals surface area contributed by atoms with E-state index in [0.29, 0.717) is 17.5 Å². The number of amides is 1. The van der Waals surface area contributed by atoms with Gasteiger partial charge in [-0.1, -0.05) is 24.3 Å². The van der Waals surface area contributed by atoms with Crippen molar-refractivity contribution in [2.24, 2.45) is 0 Å². The fourth-order valence-corrected chi connectivity index (χ4v) is 4.38. The van der Waals surface area contributed by atoms with E-state index in [4.69, 9.17) is 5.26 Å². The van der Waals surface area contributed by atoms with Gasteiger partial charge in [-0.15, -0.1) is 0 Å². The van der Waals surface area contributed by atoms with Gasteiger partial charge in [0.2, 0.25) is 5.91 Å². The Morgan fingerprint density at radius 1 is 1.15 bits per heavy atom. The van der Waals surface area contributed by atoms with E-state index in [-0.39, 0.29) is 6.04 Å². The molecule has 0 aromatic heterocycles. The van der Waals surface area contributed by atoms with Crippen LogP contribution in [-0.2, 0) is 11.2 Å². The summed E-state index contributed by atoms with van der Waals surface area (Å²) in [4.78, 5) is 14.9. The minimum Gasteiger partial charge on any atom is -0.338 e. The minimum absolute atomic E-state index is 0.0423. The molecule has 0 bridgehead atoms. The average Bonchev–Trinajstić information content (AvgIpc) is 3.37. The van der Waals surface area contributed by atoms with Gasteiger partial charge in [-0.25, -0.2) is 0 Å². The van der Waals surface area contributed by atoms with Gasteiger partial charge < -0.3 is 10.2 Å². The fourth-order valence-electron chi connectivity index (χ4n) is 4.38. The quantitative estimate of drug-likeness (QED) is 0.922. The molecule has 4 nitrogen and oxygen atoms in total. The largest absolute Gasteiger partial charge is 0.338 e. The molecule has 2 saturated heterocycles. The van der Waals surface area contributed by atoms with E-state index in [2.05, 4.69) is 34.5 Å². The molecule has 4 rings (SSSR count). The Bertz CT molecular complexity index is 848. The maximum Gasteiger partial charge on any atom is 0.239 e. The van der Waals surface area contributed by atoms with Crippen LogP contribution in [-0.4, -0.2) is 36.0 Å². The number of fused-ring (bicyclic) bond motifs is 1. The Balaban J connectivity index is 1.43. The number of carbonyl (C=O) groups is 1. The van der Waals surface area contributed by atoms with Crippen molar-refractivity contribution < 1.29 is 4.79 Å². The van der Waals surface area contributed by atoms with Crippen LogP contribution in [0.25, 0.3) is 10.8 Å². The fraction of sp³-hybridized carbons (Fsp3) is 0.455. The second-order valence-corrected chi connectivity index (χ2v) is 7.52. The van der Waals surface area contributed by atoms with Crippen LogP contribution in [0.2, 0.25) is 0 Å². The van der Waals surface area contributed by atoms with Gasteiger partial charge in [0.1, 0.15) is 0 Å². The highest BCUT2D eigenvalue weighted by molar-refractivity contribution is 5.84. The van der Waals surface area contributed by atoms with E-state index in [1.54, 1.807) is 0 Å². The third-order valence-corrected chi connectivity index (χ3v) is 5.82. The molecular formula is C22H25N3O. The predicted molar refractivity (Wildman–Crippen MR) is 103 cm³/mol. The molecule has 0 radical (unpaired) electrons. The number of hydrogen-bond donors (Lipinski definition) is 1. The molecule has 1 amide bonds. The highest BCUT2D eigenvalue weighted by atomic mass is 16.2.